The van der Waals surface area contributed by atoms with Crippen molar-refractivity contribution in [2.24, 2.45) is 5.92 Å². The maximum absolute atomic E-state index is 13.8. The molecule has 1 saturated carbocycles. The van der Waals surface area contributed by atoms with Crippen molar-refractivity contribution in [3.05, 3.63) is 29.8 Å². The van der Waals surface area contributed by atoms with E-state index in [1.807, 2.05) is 0 Å². The van der Waals surface area contributed by atoms with Gasteiger partial charge in [-0.25, -0.2) is 4.79 Å². The molecule has 1 aliphatic carbocycles. The number of nitrogens with zero attached hydrogens (tertiary/aromatic N) is 1. The molecule has 1 unspecified atom stereocenters. The maximum Gasteiger partial charge on any atom is 0.328 e. The molecular weight excluding hydrogens is 452 g/mol. The summed E-state index contributed by atoms with van der Waals surface area (Å²) >= 11 is 0. The minimum Gasteiger partial charge on any atom is -0.508 e. The molecule has 0 aromatic heterocycles. The summed E-state index contributed by atoms with van der Waals surface area (Å²) < 4.78 is 10.7. The Labute approximate surface area is 206 Å². The number of benzene rings is 1. The Morgan fingerprint density at radius 3 is 2.51 bits per heavy atom. The average molecular weight is 491 g/mol. The second kappa shape index (κ2) is 13.4. The van der Waals surface area contributed by atoms with Crippen molar-refractivity contribution < 1.29 is 34.1 Å². The molecular formula is C26H38N2O7. The predicted octanol–water partition coefficient (Wildman–Crippen LogP) is 1.93. The smallest absolute Gasteiger partial charge is 0.328 e. The van der Waals surface area contributed by atoms with E-state index in [1.165, 1.54) is 12.0 Å². The van der Waals surface area contributed by atoms with E-state index >= 15 is 0 Å². The number of hydrogen-bond donors (Lipinski definition) is 3. The van der Waals surface area contributed by atoms with Gasteiger partial charge >= 0.3 is 5.97 Å². The molecule has 0 bridgehead atoms. The van der Waals surface area contributed by atoms with Gasteiger partial charge in [0.25, 0.3) is 0 Å². The fourth-order valence-electron chi connectivity index (χ4n) is 5.03. The van der Waals surface area contributed by atoms with Crippen molar-refractivity contribution in [3.63, 3.8) is 0 Å². The van der Waals surface area contributed by atoms with Crippen LogP contribution in [0.5, 0.6) is 5.75 Å². The molecule has 1 heterocycles. The fraction of sp³-hybridized carbons (Fsp3) is 0.654. The van der Waals surface area contributed by atoms with Crippen LogP contribution >= 0.6 is 0 Å². The lowest BCUT2D eigenvalue weighted by Gasteiger charge is -2.34. The number of rotatable bonds is 11. The predicted molar refractivity (Wildman–Crippen MR) is 129 cm³/mol. The molecule has 3 N–H and O–H groups in total. The van der Waals surface area contributed by atoms with Gasteiger partial charge in [0.15, 0.2) is 0 Å². The van der Waals surface area contributed by atoms with Crippen molar-refractivity contribution in [1.29, 1.82) is 0 Å². The monoisotopic (exact) mass is 490 g/mol. The Hall–Kier alpha value is -2.65. The number of aliphatic hydroxyl groups excluding tert-OH is 1. The van der Waals surface area contributed by atoms with Gasteiger partial charge in [0.2, 0.25) is 11.8 Å². The van der Waals surface area contributed by atoms with E-state index in [2.05, 4.69) is 5.32 Å². The Morgan fingerprint density at radius 1 is 1.14 bits per heavy atom. The second-order valence-electron chi connectivity index (χ2n) is 9.44. The van der Waals surface area contributed by atoms with Crippen LogP contribution < -0.4 is 5.32 Å². The molecule has 1 aliphatic heterocycles. The van der Waals surface area contributed by atoms with Crippen LogP contribution in [0.25, 0.3) is 0 Å². The number of ether oxygens (including phenoxy) is 2. The van der Waals surface area contributed by atoms with Gasteiger partial charge in [-0.05, 0) is 49.3 Å². The highest BCUT2D eigenvalue weighted by atomic mass is 16.5. The van der Waals surface area contributed by atoms with Crippen LogP contribution in [0.3, 0.4) is 0 Å². The summed E-state index contributed by atoms with van der Waals surface area (Å²) in [5.74, 6) is -0.787. The SMILES string of the molecule is COC(=O)C1C[C@@H](OCCCO)CN1C(=O)[C@@H](NC(=O)CCc1ccc(O)cc1)C1CCCCC1. The third kappa shape index (κ3) is 7.67. The van der Waals surface area contributed by atoms with Gasteiger partial charge < -0.3 is 29.9 Å². The summed E-state index contributed by atoms with van der Waals surface area (Å²) in [5, 5.41) is 21.4. The van der Waals surface area contributed by atoms with Gasteiger partial charge in [-0.15, -0.1) is 0 Å². The lowest BCUT2D eigenvalue weighted by atomic mass is 9.83. The molecule has 2 amide bonds. The number of hydrogen-bond acceptors (Lipinski definition) is 7. The summed E-state index contributed by atoms with van der Waals surface area (Å²) in [6, 6.07) is 5.25. The van der Waals surface area contributed by atoms with Gasteiger partial charge in [-0.2, -0.15) is 0 Å². The van der Waals surface area contributed by atoms with Gasteiger partial charge in [0.1, 0.15) is 17.8 Å². The number of methoxy groups -OCH3 is 1. The summed E-state index contributed by atoms with van der Waals surface area (Å²) in [6.45, 7) is 0.601. The number of esters is 1. The quantitative estimate of drug-likeness (QED) is 0.320. The first-order valence-corrected chi connectivity index (χ1v) is 12.6. The van der Waals surface area contributed by atoms with E-state index in [1.54, 1.807) is 24.3 Å². The number of carbonyl (C=O) groups excluding carboxylic acids is 3. The number of nitrogens with one attached hydrogen (secondary N) is 1. The average Bonchev–Trinajstić information content (AvgIpc) is 3.31. The number of amides is 2. The number of aliphatic hydroxyl groups is 1. The highest BCUT2D eigenvalue weighted by Crippen LogP contribution is 2.30. The molecule has 0 radical (unpaired) electrons. The molecule has 9 nitrogen and oxygen atoms in total. The zero-order chi connectivity index (χ0) is 25.2. The molecule has 9 heteroatoms. The lowest BCUT2D eigenvalue weighted by Crippen LogP contribution is -2.55. The Balaban J connectivity index is 1.70. The molecule has 2 fully saturated rings. The number of phenols is 1. The highest BCUT2D eigenvalue weighted by molar-refractivity contribution is 5.91. The Bertz CT molecular complexity index is 839. The third-order valence-corrected chi connectivity index (χ3v) is 6.96. The van der Waals surface area contributed by atoms with Crippen molar-refractivity contribution >= 4 is 17.8 Å². The standard InChI is InChI=1S/C26H38N2O7/c1-34-26(33)22-16-21(35-15-5-14-29)17-28(22)25(32)24(19-6-3-2-4-7-19)27-23(31)13-10-18-8-11-20(30)12-9-18/h8-9,11-12,19,21-22,24,29-30H,2-7,10,13-17H2,1H3,(H,27,31)/t21-,22?,24+/m1/s1. The summed E-state index contributed by atoms with van der Waals surface area (Å²) in [5.41, 5.74) is 0.923. The number of carbonyl (C=O) groups is 3. The normalized spacial score (nSPS) is 21.5. The molecule has 0 spiro atoms. The van der Waals surface area contributed by atoms with Gasteiger partial charge in [-0.3, -0.25) is 9.59 Å². The summed E-state index contributed by atoms with van der Waals surface area (Å²) in [7, 11) is 1.30. The molecule has 3 atom stereocenters. The zero-order valence-corrected chi connectivity index (χ0v) is 20.5. The second-order valence-corrected chi connectivity index (χ2v) is 9.44. The van der Waals surface area contributed by atoms with E-state index in [0.717, 1.165) is 37.7 Å². The van der Waals surface area contributed by atoms with Gasteiger partial charge in [0.05, 0.1) is 13.2 Å². The number of aromatic hydroxyl groups is 1. The molecule has 3 rings (SSSR count). The van der Waals surface area contributed by atoms with E-state index < -0.39 is 18.1 Å². The first-order chi connectivity index (χ1) is 16.9. The van der Waals surface area contributed by atoms with Gasteiger partial charge in [0, 0.05) is 32.6 Å². The van der Waals surface area contributed by atoms with E-state index in [4.69, 9.17) is 14.6 Å². The molecule has 1 saturated heterocycles. The van der Waals surface area contributed by atoms with Crippen molar-refractivity contribution in [3.8, 4) is 5.75 Å². The molecule has 35 heavy (non-hydrogen) atoms. The van der Waals surface area contributed by atoms with Crippen LogP contribution in [-0.4, -0.2) is 78.0 Å². The fourth-order valence-corrected chi connectivity index (χ4v) is 5.03. The third-order valence-electron chi connectivity index (χ3n) is 6.96. The van der Waals surface area contributed by atoms with Gasteiger partial charge in [-0.1, -0.05) is 31.4 Å². The first-order valence-electron chi connectivity index (χ1n) is 12.6. The largest absolute Gasteiger partial charge is 0.508 e. The van der Waals surface area contributed by atoms with Crippen LogP contribution in [-0.2, 0) is 30.3 Å². The van der Waals surface area contributed by atoms with Crippen molar-refractivity contribution in [2.75, 3.05) is 26.9 Å². The van der Waals surface area contributed by atoms with Crippen LogP contribution in [0.4, 0.5) is 0 Å². The highest BCUT2D eigenvalue weighted by Gasteiger charge is 2.44. The molecule has 2 aliphatic rings. The molecule has 194 valence electrons. The van der Waals surface area contributed by atoms with Crippen LogP contribution in [0.1, 0.15) is 56.9 Å². The number of likely N-dealkylation sites (tertiary alicyclic amines) is 1. The van der Waals surface area contributed by atoms with Crippen LogP contribution in [0, 0.1) is 5.92 Å². The lowest BCUT2D eigenvalue weighted by molar-refractivity contribution is -0.152. The van der Waals surface area contributed by atoms with E-state index in [0.29, 0.717) is 25.9 Å². The Kier molecular flexibility index (Phi) is 10.3. The maximum atomic E-state index is 13.8. The topological polar surface area (TPSA) is 125 Å². The Morgan fingerprint density at radius 2 is 1.86 bits per heavy atom. The first kappa shape index (κ1) is 26.9. The minimum absolute atomic E-state index is 0.00965. The zero-order valence-electron chi connectivity index (χ0n) is 20.5. The number of aryl methyl sites for hydroxylation is 1. The number of phenolic OH excluding ortho intramolecular Hbond substituents is 1. The van der Waals surface area contributed by atoms with Crippen LogP contribution in [0.15, 0.2) is 24.3 Å². The summed E-state index contributed by atoms with van der Waals surface area (Å²) in [6.07, 6.45) is 6.01. The summed E-state index contributed by atoms with van der Waals surface area (Å²) in [4.78, 5) is 40.7. The van der Waals surface area contributed by atoms with Crippen LogP contribution in [0.2, 0.25) is 0 Å². The minimum atomic E-state index is -0.758. The molecule has 1 aromatic rings. The van der Waals surface area contributed by atoms with E-state index in [9.17, 15) is 19.5 Å². The van der Waals surface area contributed by atoms with Crippen molar-refractivity contribution in [1.82, 2.24) is 10.2 Å². The molecule has 1 aromatic carbocycles. The van der Waals surface area contributed by atoms with E-state index in [-0.39, 0.29) is 49.2 Å². The van der Waals surface area contributed by atoms with Crippen molar-refractivity contribution in [2.45, 2.75) is 76.0 Å².